The highest BCUT2D eigenvalue weighted by Gasteiger charge is 2.25. The molecule has 126 valence electrons. The Labute approximate surface area is 144 Å². The molecule has 1 aromatic heterocycles. The van der Waals surface area contributed by atoms with Gasteiger partial charge in [0.2, 0.25) is 5.89 Å². The van der Waals surface area contributed by atoms with Gasteiger partial charge in [-0.15, -0.1) is 0 Å². The van der Waals surface area contributed by atoms with Gasteiger partial charge in [-0.05, 0) is 41.5 Å². The molecule has 0 N–H and O–H groups in total. The van der Waals surface area contributed by atoms with Crippen LogP contribution < -0.4 is 0 Å². The van der Waals surface area contributed by atoms with Crippen LogP contribution in [0.25, 0.3) is 22.6 Å². The fraction of sp³-hybridized carbons (Fsp3) is 0.409. The van der Waals surface area contributed by atoms with Crippen LogP contribution in [0.4, 0.5) is 0 Å². The molecule has 3 aromatic rings. The van der Waals surface area contributed by atoms with Gasteiger partial charge in [0.1, 0.15) is 5.52 Å². The summed E-state index contributed by atoms with van der Waals surface area (Å²) in [6, 6.07) is 12.8. The first-order valence-corrected chi connectivity index (χ1v) is 8.58. The minimum absolute atomic E-state index is 0.00356. The molecular weight excluding hydrogens is 294 g/mol. The van der Waals surface area contributed by atoms with Crippen molar-refractivity contribution in [3.63, 3.8) is 0 Å². The first-order valence-electron chi connectivity index (χ1n) is 8.58. The van der Waals surface area contributed by atoms with Crippen LogP contribution in [0.3, 0.4) is 0 Å². The van der Waals surface area contributed by atoms with Gasteiger partial charge in [0, 0.05) is 11.1 Å². The maximum atomic E-state index is 6.21. The molecule has 0 unspecified atom stereocenters. The highest BCUT2D eigenvalue weighted by molar-refractivity contribution is 5.81. The maximum Gasteiger partial charge on any atom is 0.227 e. The van der Waals surface area contributed by atoms with E-state index in [1.807, 2.05) is 0 Å². The third-order valence-corrected chi connectivity index (χ3v) is 4.46. The number of aryl methyl sites for hydroxylation is 1. The van der Waals surface area contributed by atoms with Crippen molar-refractivity contribution in [3.8, 4) is 11.5 Å². The van der Waals surface area contributed by atoms with Gasteiger partial charge in [-0.25, -0.2) is 4.98 Å². The van der Waals surface area contributed by atoms with E-state index in [1.165, 1.54) is 16.7 Å². The van der Waals surface area contributed by atoms with Gasteiger partial charge in [-0.3, -0.25) is 0 Å². The Kier molecular flexibility index (Phi) is 3.82. The normalized spacial score (nSPS) is 12.8. The SMILES string of the molecule is Cc1ccc(-c2nc3cc(C(C)(C)C)cc(C(C)(C)C)c3o2)cc1. The molecule has 0 aliphatic rings. The van der Waals surface area contributed by atoms with Gasteiger partial charge in [-0.2, -0.15) is 0 Å². The molecule has 0 fully saturated rings. The molecule has 0 aliphatic carbocycles. The molecule has 24 heavy (non-hydrogen) atoms. The van der Waals surface area contributed by atoms with E-state index < -0.39 is 0 Å². The minimum atomic E-state index is 0.00356. The van der Waals surface area contributed by atoms with Crippen LogP contribution >= 0.6 is 0 Å². The van der Waals surface area contributed by atoms with E-state index in [2.05, 4.69) is 84.9 Å². The molecule has 0 spiro atoms. The summed E-state index contributed by atoms with van der Waals surface area (Å²) < 4.78 is 6.21. The number of aromatic nitrogens is 1. The highest BCUT2D eigenvalue weighted by Crippen LogP contribution is 2.37. The quantitative estimate of drug-likeness (QED) is 0.518. The van der Waals surface area contributed by atoms with Crippen molar-refractivity contribution in [3.05, 3.63) is 53.1 Å². The smallest absolute Gasteiger partial charge is 0.227 e. The molecule has 0 amide bonds. The van der Waals surface area contributed by atoms with Crippen molar-refractivity contribution in [2.75, 3.05) is 0 Å². The Morgan fingerprint density at radius 1 is 0.833 bits per heavy atom. The second kappa shape index (κ2) is 5.47. The Morgan fingerprint density at radius 3 is 2.00 bits per heavy atom. The molecular formula is C22H27NO. The topological polar surface area (TPSA) is 26.0 Å². The Bertz CT molecular complexity index is 871. The fourth-order valence-electron chi connectivity index (χ4n) is 2.84. The van der Waals surface area contributed by atoms with Crippen molar-refractivity contribution in [2.24, 2.45) is 0 Å². The van der Waals surface area contributed by atoms with E-state index >= 15 is 0 Å². The van der Waals surface area contributed by atoms with Crippen molar-refractivity contribution < 1.29 is 4.42 Å². The summed E-state index contributed by atoms with van der Waals surface area (Å²) >= 11 is 0. The molecule has 2 heteroatoms. The zero-order valence-electron chi connectivity index (χ0n) is 15.8. The number of benzene rings is 2. The summed E-state index contributed by atoms with van der Waals surface area (Å²) in [6.45, 7) is 15.5. The van der Waals surface area contributed by atoms with E-state index in [4.69, 9.17) is 9.40 Å². The average Bonchev–Trinajstić information content (AvgIpc) is 2.88. The highest BCUT2D eigenvalue weighted by atomic mass is 16.3. The standard InChI is InChI=1S/C22H27NO/c1-14-8-10-15(11-9-14)20-23-18-13-16(21(2,3)4)12-17(19(18)24-20)22(5,6)7/h8-13H,1-7H3. The molecule has 2 nitrogen and oxygen atoms in total. The van der Waals surface area contributed by atoms with Crippen LogP contribution in [0.5, 0.6) is 0 Å². The second-order valence-corrected chi connectivity index (χ2v) is 8.76. The Hall–Kier alpha value is -2.09. The van der Waals surface area contributed by atoms with Crippen molar-refractivity contribution >= 4 is 11.1 Å². The zero-order valence-corrected chi connectivity index (χ0v) is 15.8. The average molecular weight is 321 g/mol. The van der Waals surface area contributed by atoms with Crippen molar-refractivity contribution in [1.82, 2.24) is 4.98 Å². The molecule has 0 saturated heterocycles. The third-order valence-electron chi connectivity index (χ3n) is 4.46. The van der Waals surface area contributed by atoms with Gasteiger partial charge < -0.3 is 4.42 Å². The van der Waals surface area contributed by atoms with Gasteiger partial charge in [0.15, 0.2) is 5.58 Å². The van der Waals surface area contributed by atoms with Gasteiger partial charge >= 0.3 is 0 Å². The number of rotatable bonds is 1. The van der Waals surface area contributed by atoms with Gasteiger partial charge in [0.25, 0.3) is 0 Å². The first-order chi connectivity index (χ1) is 11.1. The Balaban J connectivity index is 2.26. The lowest BCUT2D eigenvalue weighted by molar-refractivity contribution is 0.552. The fourth-order valence-corrected chi connectivity index (χ4v) is 2.84. The molecule has 0 saturated carbocycles. The van der Waals surface area contributed by atoms with E-state index in [1.54, 1.807) is 0 Å². The van der Waals surface area contributed by atoms with Crippen molar-refractivity contribution in [2.45, 2.75) is 59.3 Å². The van der Waals surface area contributed by atoms with Crippen LogP contribution in [-0.2, 0) is 10.8 Å². The van der Waals surface area contributed by atoms with Crippen molar-refractivity contribution in [1.29, 1.82) is 0 Å². The predicted molar refractivity (Wildman–Crippen MR) is 102 cm³/mol. The van der Waals surface area contributed by atoms with Crippen LogP contribution in [0, 0.1) is 6.92 Å². The number of fused-ring (bicyclic) bond motifs is 1. The lowest BCUT2D eigenvalue weighted by Crippen LogP contribution is -2.16. The van der Waals surface area contributed by atoms with E-state index in [0.29, 0.717) is 5.89 Å². The predicted octanol–water partition coefficient (Wildman–Crippen LogP) is 6.40. The van der Waals surface area contributed by atoms with Crippen LogP contribution in [0.1, 0.15) is 58.2 Å². The molecule has 0 atom stereocenters. The van der Waals surface area contributed by atoms with Crippen LogP contribution in [0.15, 0.2) is 40.8 Å². The summed E-state index contributed by atoms with van der Waals surface area (Å²) in [4.78, 5) is 4.79. The lowest BCUT2D eigenvalue weighted by Gasteiger charge is -2.24. The third kappa shape index (κ3) is 3.10. The van der Waals surface area contributed by atoms with E-state index in [0.717, 1.165) is 16.7 Å². The summed E-state index contributed by atoms with van der Waals surface area (Å²) in [6.07, 6.45) is 0. The molecule has 2 aromatic carbocycles. The van der Waals surface area contributed by atoms with Gasteiger partial charge in [-0.1, -0.05) is 65.3 Å². The number of oxazole rings is 1. The Morgan fingerprint density at radius 2 is 1.46 bits per heavy atom. The van der Waals surface area contributed by atoms with E-state index in [-0.39, 0.29) is 10.8 Å². The molecule has 0 radical (unpaired) electrons. The maximum absolute atomic E-state index is 6.21. The summed E-state index contributed by atoms with van der Waals surface area (Å²) in [5.41, 5.74) is 6.71. The summed E-state index contributed by atoms with van der Waals surface area (Å²) in [5, 5.41) is 0. The second-order valence-electron chi connectivity index (χ2n) is 8.76. The molecule has 0 bridgehead atoms. The number of hydrogen-bond acceptors (Lipinski definition) is 2. The van der Waals surface area contributed by atoms with E-state index in [9.17, 15) is 0 Å². The molecule has 1 heterocycles. The lowest BCUT2D eigenvalue weighted by atomic mass is 9.80. The van der Waals surface area contributed by atoms with Crippen LogP contribution in [-0.4, -0.2) is 4.98 Å². The number of hydrogen-bond donors (Lipinski definition) is 0. The summed E-state index contributed by atoms with van der Waals surface area (Å²) in [7, 11) is 0. The monoisotopic (exact) mass is 321 g/mol. The molecule has 0 aliphatic heterocycles. The minimum Gasteiger partial charge on any atom is -0.436 e. The van der Waals surface area contributed by atoms with Crippen LogP contribution in [0.2, 0.25) is 0 Å². The zero-order chi connectivity index (χ0) is 17.7. The largest absolute Gasteiger partial charge is 0.436 e. The van der Waals surface area contributed by atoms with Gasteiger partial charge in [0.05, 0.1) is 0 Å². The summed E-state index contributed by atoms with van der Waals surface area (Å²) in [5.74, 6) is 0.696. The first kappa shape index (κ1) is 16.8. The number of nitrogens with zero attached hydrogens (tertiary/aromatic N) is 1. The molecule has 3 rings (SSSR count).